The van der Waals surface area contributed by atoms with Gasteiger partial charge in [-0.15, -0.1) is 24.8 Å². The standard InChI is InChI=1S/C17H21N5O.2ClH/c23-17(21-8-3-13-11-18-12-14(13)4-9-21)16-10-15(2-6-19-16)22-7-1-5-20-22;;/h1-2,5-7,10,13-14,18H,3-4,8-9,11-12H2;2*1H/t13-,14+;;. The van der Waals surface area contributed by atoms with E-state index in [1.165, 1.54) is 0 Å². The van der Waals surface area contributed by atoms with Gasteiger partial charge in [0.1, 0.15) is 5.69 Å². The number of carbonyl (C=O) groups excluding carboxylic acids is 1. The zero-order chi connectivity index (χ0) is 15.6. The van der Waals surface area contributed by atoms with Crippen LogP contribution in [0.2, 0.25) is 0 Å². The van der Waals surface area contributed by atoms with Gasteiger partial charge in [-0.1, -0.05) is 0 Å². The third kappa shape index (κ3) is 4.14. The zero-order valence-electron chi connectivity index (χ0n) is 13.9. The van der Waals surface area contributed by atoms with Crippen LogP contribution in [-0.2, 0) is 0 Å². The van der Waals surface area contributed by atoms with E-state index < -0.39 is 0 Å². The van der Waals surface area contributed by atoms with Crippen molar-refractivity contribution >= 4 is 30.7 Å². The van der Waals surface area contributed by atoms with Gasteiger partial charge >= 0.3 is 0 Å². The average molecular weight is 384 g/mol. The number of amides is 1. The normalized spacial score (nSPS) is 22.3. The summed E-state index contributed by atoms with van der Waals surface area (Å²) in [4.78, 5) is 19.1. The second-order valence-corrected chi connectivity index (χ2v) is 6.40. The van der Waals surface area contributed by atoms with Crippen molar-refractivity contribution in [2.45, 2.75) is 12.8 Å². The molecular weight excluding hydrogens is 361 g/mol. The van der Waals surface area contributed by atoms with Gasteiger partial charge in [-0.05, 0) is 56.0 Å². The molecule has 0 aromatic carbocycles. The highest BCUT2D eigenvalue weighted by molar-refractivity contribution is 5.92. The molecule has 0 aliphatic carbocycles. The van der Waals surface area contributed by atoms with E-state index in [9.17, 15) is 4.79 Å². The molecule has 0 spiro atoms. The first-order valence-corrected chi connectivity index (χ1v) is 8.27. The molecule has 25 heavy (non-hydrogen) atoms. The summed E-state index contributed by atoms with van der Waals surface area (Å²) < 4.78 is 1.75. The number of pyridine rings is 1. The Balaban J connectivity index is 0.00000113. The number of aromatic nitrogens is 3. The Morgan fingerprint density at radius 2 is 1.84 bits per heavy atom. The fourth-order valence-corrected chi connectivity index (χ4v) is 3.68. The van der Waals surface area contributed by atoms with Gasteiger partial charge < -0.3 is 10.2 Å². The number of likely N-dealkylation sites (tertiary alicyclic amines) is 1. The van der Waals surface area contributed by atoms with Crippen LogP contribution >= 0.6 is 24.8 Å². The predicted octanol–water partition coefficient (Wildman–Crippen LogP) is 2.18. The lowest BCUT2D eigenvalue weighted by Gasteiger charge is -2.20. The fourth-order valence-electron chi connectivity index (χ4n) is 3.68. The smallest absolute Gasteiger partial charge is 0.272 e. The van der Waals surface area contributed by atoms with E-state index >= 15 is 0 Å². The monoisotopic (exact) mass is 383 g/mol. The third-order valence-corrected chi connectivity index (χ3v) is 5.04. The number of halogens is 2. The number of rotatable bonds is 2. The fraction of sp³-hybridized carbons (Fsp3) is 0.471. The Hall–Kier alpha value is -1.63. The molecule has 0 unspecified atom stereocenters. The van der Waals surface area contributed by atoms with Gasteiger partial charge in [-0.2, -0.15) is 5.10 Å². The van der Waals surface area contributed by atoms with E-state index in [4.69, 9.17) is 0 Å². The lowest BCUT2D eigenvalue weighted by atomic mass is 9.92. The van der Waals surface area contributed by atoms with E-state index in [1.807, 2.05) is 29.3 Å². The molecule has 2 fully saturated rings. The molecule has 2 aliphatic heterocycles. The number of hydrogen-bond acceptors (Lipinski definition) is 4. The molecule has 0 radical (unpaired) electrons. The van der Waals surface area contributed by atoms with Crippen molar-refractivity contribution in [3.8, 4) is 5.69 Å². The number of nitrogens with zero attached hydrogens (tertiary/aromatic N) is 4. The molecule has 1 amide bonds. The molecule has 0 bridgehead atoms. The summed E-state index contributed by atoms with van der Waals surface area (Å²) >= 11 is 0. The van der Waals surface area contributed by atoms with E-state index in [2.05, 4.69) is 15.4 Å². The molecule has 6 nitrogen and oxygen atoms in total. The molecule has 2 atom stereocenters. The van der Waals surface area contributed by atoms with Crippen molar-refractivity contribution in [3.63, 3.8) is 0 Å². The lowest BCUT2D eigenvalue weighted by molar-refractivity contribution is 0.0752. The molecule has 4 heterocycles. The number of carbonyl (C=O) groups is 1. The lowest BCUT2D eigenvalue weighted by Crippen LogP contribution is -2.33. The minimum atomic E-state index is 0. The Labute approximate surface area is 159 Å². The summed E-state index contributed by atoms with van der Waals surface area (Å²) in [7, 11) is 0. The van der Waals surface area contributed by atoms with Crippen molar-refractivity contribution < 1.29 is 4.79 Å². The van der Waals surface area contributed by atoms with Gasteiger partial charge in [-0.25, -0.2) is 4.68 Å². The Morgan fingerprint density at radius 3 is 2.48 bits per heavy atom. The summed E-state index contributed by atoms with van der Waals surface area (Å²) in [5.74, 6) is 1.47. The van der Waals surface area contributed by atoms with Gasteiger partial charge in [-0.3, -0.25) is 9.78 Å². The van der Waals surface area contributed by atoms with Crippen molar-refractivity contribution in [1.82, 2.24) is 25.0 Å². The molecule has 2 aromatic heterocycles. The van der Waals surface area contributed by atoms with Crippen LogP contribution in [0.3, 0.4) is 0 Å². The quantitative estimate of drug-likeness (QED) is 0.862. The van der Waals surface area contributed by atoms with E-state index in [0.717, 1.165) is 56.5 Å². The predicted molar refractivity (Wildman–Crippen MR) is 101 cm³/mol. The van der Waals surface area contributed by atoms with E-state index in [-0.39, 0.29) is 30.7 Å². The topological polar surface area (TPSA) is 63.1 Å². The van der Waals surface area contributed by atoms with Gasteiger partial charge in [0.2, 0.25) is 0 Å². The minimum Gasteiger partial charge on any atom is -0.337 e. The van der Waals surface area contributed by atoms with Crippen LogP contribution in [0.15, 0.2) is 36.8 Å². The molecule has 2 aliphatic rings. The van der Waals surface area contributed by atoms with Gasteiger partial charge in [0.25, 0.3) is 5.91 Å². The van der Waals surface area contributed by atoms with Crippen LogP contribution in [-0.4, -0.2) is 51.8 Å². The van der Waals surface area contributed by atoms with Gasteiger partial charge in [0.15, 0.2) is 0 Å². The maximum Gasteiger partial charge on any atom is 0.272 e. The maximum absolute atomic E-state index is 12.8. The summed E-state index contributed by atoms with van der Waals surface area (Å²) in [6.45, 7) is 3.85. The molecule has 1 N–H and O–H groups in total. The Kier molecular flexibility index (Phi) is 6.81. The summed E-state index contributed by atoms with van der Waals surface area (Å²) in [5.41, 5.74) is 1.37. The minimum absolute atomic E-state index is 0. The van der Waals surface area contributed by atoms with Crippen molar-refractivity contribution in [2.24, 2.45) is 11.8 Å². The molecule has 136 valence electrons. The summed E-state index contributed by atoms with van der Waals surface area (Å²) in [6, 6.07) is 5.55. The summed E-state index contributed by atoms with van der Waals surface area (Å²) in [5, 5.41) is 7.68. The number of hydrogen-bond donors (Lipinski definition) is 1. The second kappa shape index (κ2) is 8.65. The Morgan fingerprint density at radius 1 is 1.12 bits per heavy atom. The van der Waals surface area contributed by atoms with E-state index in [1.54, 1.807) is 17.1 Å². The molecular formula is C17H23Cl2N5O. The van der Waals surface area contributed by atoms with Crippen molar-refractivity contribution in [1.29, 1.82) is 0 Å². The van der Waals surface area contributed by atoms with Crippen LogP contribution in [0.5, 0.6) is 0 Å². The van der Waals surface area contributed by atoms with Crippen LogP contribution in [0.25, 0.3) is 5.69 Å². The SMILES string of the molecule is Cl.Cl.O=C(c1cc(-n2cccn2)ccn1)N1CC[C@@H]2CNC[C@@H]2CC1. The molecule has 8 heteroatoms. The molecule has 0 saturated carbocycles. The van der Waals surface area contributed by atoms with Crippen molar-refractivity contribution in [3.05, 3.63) is 42.5 Å². The van der Waals surface area contributed by atoms with E-state index in [0.29, 0.717) is 5.69 Å². The highest BCUT2D eigenvalue weighted by atomic mass is 35.5. The zero-order valence-corrected chi connectivity index (χ0v) is 15.5. The van der Waals surface area contributed by atoms with Crippen LogP contribution in [0.4, 0.5) is 0 Å². The second-order valence-electron chi connectivity index (χ2n) is 6.40. The molecule has 4 rings (SSSR count). The molecule has 2 aromatic rings. The largest absolute Gasteiger partial charge is 0.337 e. The van der Waals surface area contributed by atoms with Crippen molar-refractivity contribution in [2.75, 3.05) is 26.2 Å². The highest BCUT2D eigenvalue weighted by Crippen LogP contribution is 2.27. The first kappa shape index (κ1) is 19.7. The van der Waals surface area contributed by atoms with Crippen LogP contribution in [0.1, 0.15) is 23.3 Å². The molecule has 2 saturated heterocycles. The highest BCUT2D eigenvalue weighted by Gasteiger charge is 2.31. The van der Waals surface area contributed by atoms with Gasteiger partial charge in [0.05, 0.1) is 5.69 Å². The number of nitrogens with one attached hydrogen (secondary N) is 1. The average Bonchev–Trinajstić information content (AvgIpc) is 3.23. The number of fused-ring (bicyclic) bond motifs is 1. The third-order valence-electron chi connectivity index (χ3n) is 5.04. The Bertz CT molecular complexity index is 680. The van der Waals surface area contributed by atoms with Crippen LogP contribution < -0.4 is 5.32 Å². The first-order chi connectivity index (χ1) is 11.3. The summed E-state index contributed by atoms with van der Waals surface area (Å²) in [6.07, 6.45) is 7.44. The maximum atomic E-state index is 12.8. The van der Waals surface area contributed by atoms with Crippen LogP contribution in [0, 0.1) is 11.8 Å². The first-order valence-electron chi connectivity index (χ1n) is 8.27. The van der Waals surface area contributed by atoms with Gasteiger partial charge in [0, 0.05) is 31.7 Å².